The van der Waals surface area contributed by atoms with Gasteiger partial charge < -0.3 is 5.32 Å². The van der Waals surface area contributed by atoms with Crippen LogP contribution in [0.3, 0.4) is 0 Å². The van der Waals surface area contributed by atoms with E-state index in [0.29, 0.717) is 22.4 Å². The molecule has 0 saturated heterocycles. The topological polar surface area (TPSA) is 42.7 Å². The molecule has 136 valence electrons. The maximum absolute atomic E-state index is 13.0. The third-order valence-corrected chi connectivity index (χ3v) is 5.24. The zero-order chi connectivity index (χ0) is 18.3. The molecule has 1 aliphatic carbocycles. The van der Waals surface area contributed by atoms with E-state index in [4.69, 9.17) is 11.6 Å². The second-order valence-corrected chi connectivity index (χ2v) is 7.82. The van der Waals surface area contributed by atoms with Crippen LogP contribution in [0.25, 0.3) is 5.69 Å². The molecular formula is C17H14ClF3N4S. The van der Waals surface area contributed by atoms with Crippen LogP contribution in [-0.4, -0.2) is 14.8 Å². The van der Waals surface area contributed by atoms with E-state index in [1.165, 1.54) is 16.0 Å². The summed E-state index contributed by atoms with van der Waals surface area (Å²) in [4.78, 5) is 4.97. The first-order valence-corrected chi connectivity index (χ1v) is 9.21. The van der Waals surface area contributed by atoms with Crippen molar-refractivity contribution in [2.24, 2.45) is 0 Å². The highest BCUT2D eigenvalue weighted by molar-refractivity contribution is 7.15. The molecule has 9 heteroatoms. The molecule has 1 saturated carbocycles. The standard InChI is InChI=1S/C17H14ClF3N4S/c18-16-23-9-13(26-16)8-22-11-3-5-12(6-4-11)25-14(10-1-2-10)7-15(24-25)17(19,20)21/h3-7,9-10,22H,1-2,8H2. The molecule has 0 unspecified atom stereocenters. The summed E-state index contributed by atoms with van der Waals surface area (Å²) in [6, 6.07) is 8.34. The van der Waals surface area contributed by atoms with Crippen LogP contribution in [0.5, 0.6) is 0 Å². The fraction of sp³-hybridized carbons (Fsp3) is 0.294. The van der Waals surface area contributed by atoms with Crippen LogP contribution in [0.2, 0.25) is 4.47 Å². The maximum atomic E-state index is 13.0. The summed E-state index contributed by atoms with van der Waals surface area (Å²) >= 11 is 7.20. The minimum atomic E-state index is -4.44. The van der Waals surface area contributed by atoms with Gasteiger partial charge in [-0.15, -0.1) is 11.3 Å². The van der Waals surface area contributed by atoms with Crippen molar-refractivity contribution in [2.75, 3.05) is 5.32 Å². The van der Waals surface area contributed by atoms with Crippen LogP contribution >= 0.6 is 22.9 Å². The normalized spacial score (nSPS) is 14.6. The zero-order valence-electron chi connectivity index (χ0n) is 13.4. The second-order valence-electron chi connectivity index (χ2n) is 6.12. The van der Waals surface area contributed by atoms with E-state index in [1.54, 1.807) is 18.3 Å². The summed E-state index contributed by atoms with van der Waals surface area (Å²) in [6.45, 7) is 0.580. The van der Waals surface area contributed by atoms with Gasteiger partial charge in [0.05, 0.1) is 12.2 Å². The Bertz CT molecular complexity index is 913. The average molecular weight is 399 g/mol. The zero-order valence-corrected chi connectivity index (χ0v) is 15.0. The molecule has 0 aliphatic heterocycles. The molecule has 1 aromatic carbocycles. The number of thiazole rings is 1. The van der Waals surface area contributed by atoms with Crippen molar-refractivity contribution in [3.63, 3.8) is 0 Å². The lowest BCUT2D eigenvalue weighted by Gasteiger charge is -2.09. The SMILES string of the molecule is FC(F)(F)c1cc(C2CC2)n(-c2ccc(NCc3cnc(Cl)s3)cc2)n1. The van der Waals surface area contributed by atoms with Crippen LogP contribution in [0.15, 0.2) is 36.5 Å². The van der Waals surface area contributed by atoms with E-state index >= 15 is 0 Å². The number of aromatic nitrogens is 3. The molecule has 2 heterocycles. The molecule has 0 atom stereocenters. The average Bonchev–Trinajstić information content (AvgIpc) is 3.19. The number of anilines is 1. The molecule has 3 aromatic rings. The van der Waals surface area contributed by atoms with E-state index in [9.17, 15) is 13.2 Å². The first-order chi connectivity index (χ1) is 12.4. The highest BCUT2D eigenvalue weighted by Gasteiger charge is 2.38. The molecule has 26 heavy (non-hydrogen) atoms. The van der Waals surface area contributed by atoms with Gasteiger partial charge in [0.2, 0.25) is 0 Å². The Morgan fingerprint density at radius 2 is 1.96 bits per heavy atom. The first kappa shape index (κ1) is 17.4. The summed E-state index contributed by atoms with van der Waals surface area (Å²) in [5, 5.41) is 7.02. The summed E-state index contributed by atoms with van der Waals surface area (Å²) in [7, 11) is 0. The van der Waals surface area contributed by atoms with E-state index in [0.717, 1.165) is 29.5 Å². The summed E-state index contributed by atoms with van der Waals surface area (Å²) in [5.41, 5.74) is 1.25. The number of alkyl halides is 3. The van der Waals surface area contributed by atoms with Gasteiger partial charge in [-0.05, 0) is 43.2 Å². The lowest BCUT2D eigenvalue weighted by Crippen LogP contribution is -2.07. The molecule has 1 aliphatic rings. The molecule has 0 amide bonds. The first-order valence-electron chi connectivity index (χ1n) is 8.02. The van der Waals surface area contributed by atoms with Crippen molar-refractivity contribution >= 4 is 28.6 Å². The van der Waals surface area contributed by atoms with Crippen molar-refractivity contribution in [1.82, 2.24) is 14.8 Å². The fourth-order valence-electron chi connectivity index (χ4n) is 2.69. The second kappa shape index (κ2) is 6.59. The molecule has 4 rings (SSSR count). The highest BCUT2D eigenvalue weighted by Crippen LogP contribution is 2.43. The minimum absolute atomic E-state index is 0.160. The van der Waals surface area contributed by atoms with Crippen LogP contribution in [0.1, 0.15) is 35.0 Å². The molecule has 2 aromatic heterocycles. The van der Waals surface area contributed by atoms with Crippen molar-refractivity contribution < 1.29 is 13.2 Å². The Balaban J connectivity index is 1.54. The Labute approximate surface area is 156 Å². The monoisotopic (exact) mass is 398 g/mol. The number of nitrogens with zero attached hydrogens (tertiary/aromatic N) is 3. The lowest BCUT2D eigenvalue weighted by molar-refractivity contribution is -0.141. The number of rotatable bonds is 5. The molecule has 1 N–H and O–H groups in total. The lowest BCUT2D eigenvalue weighted by atomic mass is 10.2. The van der Waals surface area contributed by atoms with Gasteiger partial charge in [-0.3, -0.25) is 0 Å². The predicted molar refractivity (Wildman–Crippen MR) is 95.0 cm³/mol. The van der Waals surface area contributed by atoms with Crippen molar-refractivity contribution in [1.29, 1.82) is 0 Å². The number of hydrogen-bond donors (Lipinski definition) is 1. The molecule has 0 bridgehead atoms. The third-order valence-electron chi connectivity index (χ3n) is 4.13. The van der Waals surface area contributed by atoms with Crippen molar-refractivity contribution in [3.8, 4) is 5.69 Å². The van der Waals surface area contributed by atoms with Crippen molar-refractivity contribution in [3.05, 3.63) is 57.3 Å². The fourth-order valence-corrected chi connectivity index (χ4v) is 3.60. The van der Waals surface area contributed by atoms with Gasteiger partial charge >= 0.3 is 6.18 Å². The van der Waals surface area contributed by atoms with Gasteiger partial charge in [0.1, 0.15) is 0 Å². The third kappa shape index (κ3) is 3.71. The molecule has 0 spiro atoms. The van der Waals surface area contributed by atoms with Crippen LogP contribution in [0, 0.1) is 0 Å². The Kier molecular flexibility index (Phi) is 4.40. The van der Waals surface area contributed by atoms with E-state index in [1.807, 2.05) is 12.1 Å². The summed E-state index contributed by atoms with van der Waals surface area (Å²) in [6.07, 6.45) is -0.925. The Morgan fingerprint density at radius 3 is 2.54 bits per heavy atom. The maximum Gasteiger partial charge on any atom is 0.435 e. The predicted octanol–water partition coefficient (Wildman–Crippen LogP) is 5.49. The van der Waals surface area contributed by atoms with Gasteiger partial charge in [-0.25, -0.2) is 9.67 Å². The number of nitrogens with one attached hydrogen (secondary N) is 1. The van der Waals surface area contributed by atoms with Gasteiger partial charge in [-0.1, -0.05) is 11.6 Å². The molecular weight excluding hydrogens is 385 g/mol. The number of hydrogen-bond acceptors (Lipinski definition) is 4. The van der Waals surface area contributed by atoms with Gasteiger partial charge in [0.15, 0.2) is 10.2 Å². The molecule has 4 nitrogen and oxygen atoms in total. The summed E-state index contributed by atoms with van der Waals surface area (Å²) < 4.78 is 40.9. The van der Waals surface area contributed by atoms with Crippen LogP contribution in [0.4, 0.5) is 18.9 Å². The minimum Gasteiger partial charge on any atom is -0.380 e. The molecule has 0 radical (unpaired) electrons. The van der Waals surface area contributed by atoms with Crippen LogP contribution < -0.4 is 5.32 Å². The van der Waals surface area contributed by atoms with Crippen LogP contribution in [-0.2, 0) is 12.7 Å². The quantitative estimate of drug-likeness (QED) is 0.618. The van der Waals surface area contributed by atoms with Gasteiger partial charge in [0.25, 0.3) is 0 Å². The number of benzene rings is 1. The smallest absolute Gasteiger partial charge is 0.380 e. The number of halogens is 4. The summed E-state index contributed by atoms with van der Waals surface area (Å²) in [5.74, 6) is 0.160. The highest BCUT2D eigenvalue weighted by atomic mass is 35.5. The largest absolute Gasteiger partial charge is 0.435 e. The Morgan fingerprint density at radius 1 is 1.23 bits per heavy atom. The van der Waals surface area contributed by atoms with E-state index in [2.05, 4.69) is 15.4 Å². The van der Waals surface area contributed by atoms with Gasteiger partial charge in [0, 0.05) is 28.4 Å². The van der Waals surface area contributed by atoms with E-state index < -0.39 is 11.9 Å². The van der Waals surface area contributed by atoms with E-state index in [-0.39, 0.29) is 5.92 Å². The van der Waals surface area contributed by atoms with Gasteiger partial charge in [-0.2, -0.15) is 18.3 Å². The van der Waals surface area contributed by atoms with Crippen molar-refractivity contribution in [2.45, 2.75) is 31.5 Å². The molecule has 1 fully saturated rings. The Hall–Kier alpha value is -2.06.